The number of carboxylic acids is 1. The molecule has 5 nitrogen and oxygen atoms in total. The fraction of sp³-hybridized carbons (Fsp3) is 0.0909. The van der Waals surface area contributed by atoms with E-state index in [9.17, 15) is 14.3 Å². The summed E-state index contributed by atoms with van der Waals surface area (Å²) >= 11 is 6.91. The van der Waals surface area contributed by atoms with E-state index in [1.54, 1.807) is 6.20 Å². The number of carbonyl (C=O) groups is 1. The number of nitrogens with one attached hydrogen (secondary N) is 1. The van der Waals surface area contributed by atoms with E-state index in [-0.39, 0.29) is 5.69 Å². The number of benzene rings is 1. The van der Waals surface area contributed by atoms with E-state index in [0.717, 1.165) is 10.9 Å². The Hall–Kier alpha value is -1.86. The molecule has 1 heterocycles. The SMILES string of the molecule is O=C(O)c1c(F)ccc(NCc2cnc(Cl)s2)c1O. The Labute approximate surface area is 116 Å². The number of thiazole rings is 1. The van der Waals surface area contributed by atoms with Gasteiger partial charge in [-0.25, -0.2) is 14.2 Å². The summed E-state index contributed by atoms with van der Waals surface area (Å²) in [6.45, 7) is 0.294. The highest BCUT2D eigenvalue weighted by Gasteiger charge is 2.19. The minimum Gasteiger partial charge on any atom is -0.505 e. The average molecular weight is 303 g/mol. The second kappa shape index (κ2) is 5.41. The summed E-state index contributed by atoms with van der Waals surface area (Å²) in [6.07, 6.45) is 1.55. The predicted octanol–water partition coefficient (Wildman–Crippen LogP) is 2.95. The van der Waals surface area contributed by atoms with Crippen molar-refractivity contribution in [2.75, 3.05) is 5.32 Å². The minimum atomic E-state index is -1.53. The Morgan fingerprint density at radius 3 is 2.84 bits per heavy atom. The van der Waals surface area contributed by atoms with Gasteiger partial charge in [0.1, 0.15) is 11.4 Å². The second-order valence-electron chi connectivity index (χ2n) is 3.56. The molecule has 1 aromatic heterocycles. The number of rotatable bonds is 4. The Morgan fingerprint density at radius 2 is 2.26 bits per heavy atom. The smallest absolute Gasteiger partial charge is 0.342 e. The maximum absolute atomic E-state index is 13.3. The number of aromatic hydroxyl groups is 1. The number of hydrogen-bond donors (Lipinski definition) is 3. The van der Waals surface area contributed by atoms with Gasteiger partial charge in [0.05, 0.1) is 12.2 Å². The molecule has 0 saturated carbocycles. The van der Waals surface area contributed by atoms with E-state index in [2.05, 4.69) is 10.3 Å². The molecule has 0 fully saturated rings. The van der Waals surface area contributed by atoms with E-state index >= 15 is 0 Å². The molecule has 0 spiro atoms. The Bertz CT molecular complexity index is 632. The van der Waals surface area contributed by atoms with Crippen LogP contribution in [-0.4, -0.2) is 21.2 Å². The third kappa shape index (κ3) is 2.94. The third-order valence-electron chi connectivity index (χ3n) is 2.32. The molecule has 0 aliphatic carbocycles. The standard InChI is InChI=1S/C11H8ClFN2O3S/c12-11-15-4-5(19-11)3-14-7-2-1-6(13)8(9(7)16)10(17)18/h1-2,4,14,16H,3H2,(H,17,18). The summed E-state index contributed by atoms with van der Waals surface area (Å²) in [5, 5.41) is 21.3. The zero-order valence-electron chi connectivity index (χ0n) is 9.35. The van der Waals surface area contributed by atoms with Crippen LogP contribution in [0.2, 0.25) is 4.47 Å². The molecule has 8 heteroatoms. The van der Waals surface area contributed by atoms with Crippen LogP contribution < -0.4 is 5.32 Å². The van der Waals surface area contributed by atoms with Crippen molar-refractivity contribution in [3.05, 3.63) is 39.1 Å². The molecule has 1 aromatic carbocycles. The lowest BCUT2D eigenvalue weighted by Crippen LogP contribution is -2.05. The number of phenols is 1. The lowest BCUT2D eigenvalue weighted by Gasteiger charge is -2.09. The van der Waals surface area contributed by atoms with Gasteiger partial charge in [-0.1, -0.05) is 11.6 Å². The molecule has 0 aliphatic rings. The molecule has 0 amide bonds. The highest BCUT2D eigenvalue weighted by atomic mass is 35.5. The van der Waals surface area contributed by atoms with Gasteiger partial charge in [-0.3, -0.25) is 0 Å². The van der Waals surface area contributed by atoms with Crippen molar-refractivity contribution in [3.63, 3.8) is 0 Å². The van der Waals surface area contributed by atoms with Crippen LogP contribution in [-0.2, 0) is 6.54 Å². The zero-order valence-corrected chi connectivity index (χ0v) is 10.9. The Kier molecular flexibility index (Phi) is 3.87. The van der Waals surface area contributed by atoms with Crippen molar-refractivity contribution in [3.8, 4) is 5.75 Å². The van der Waals surface area contributed by atoms with Gasteiger partial charge in [0, 0.05) is 11.1 Å². The third-order valence-corrected chi connectivity index (χ3v) is 3.43. The topological polar surface area (TPSA) is 82.5 Å². The first-order valence-electron chi connectivity index (χ1n) is 5.08. The van der Waals surface area contributed by atoms with Gasteiger partial charge in [0.25, 0.3) is 0 Å². The van der Waals surface area contributed by atoms with Crippen LogP contribution >= 0.6 is 22.9 Å². The van der Waals surface area contributed by atoms with Crippen LogP contribution in [0.25, 0.3) is 0 Å². The minimum absolute atomic E-state index is 0.128. The van der Waals surface area contributed by atoms with Crippen LogP contribution in [0, 0.1) is 5.82 Å². The molecular weight excluding hydrogens is 295 g/mol. The molecule has 2 rings (SSSR count). The number of nitrogens with zero attached hydrogens (tertiary/aromatic N) is 1. The van der Waals surface area contributed by atoms with E-state index in [1.165, 1.54) is 17.4 Å². The molecule has 2 aromatic rings. The van der Waals surface area contributed by atoms with Crippen molar-refractivity contribution in [1.29, 1.82) is 0 Å². The largest absolute Gasteiger partial charge is 0.505 e. The van der Waals surface area contributed by atoms with Gasteiger partial charge in [0.2, 0.25) is 0 Å². The van der Waals surface area contributed by atoms with Crippen molar-refractivity contribution in [1.82, 2.24) is 4.98 Å². The number of aromatic carboxylic acids is 1. The van der Waals surface area contributed by atoms with Gasteiger partial charge in [-0.15, -0.1) is 11.3 Å². The van der Waals surface area contributed by atoms with E-state index in [0.29, 0.717) is 11.0 Å². The molecule has 0 radical (unpaired) electrons. The van der Waals surface area contributed by atoms with Crippen LogP contribution in [0.3, 0.4) is 0 Å². The van der Waals surface area contributed by atoms with Crippen molar-refractivity contribution < 1.29 is 19.4 Å². The number of halogens is 2. The van der Waals surface area contributed by atoms with Gasteiger partial charge in [0.15, 0.2) is 10.2 Å². The van der Waals surface area contributed by atoms with Gasteiger partial charge in [-0.05, 0) is 12.1 Å². The first kappa shape index (κ1) is 13.6. The second-order valence-corrected chi connectivity index (χ2v) is 5.25. The summed E-state index contributed by atoms with van der Waals surface area (Å²) in [6, 6.07) is 2.24. The van der Waals surface area contributed by atoms with Crippen molar-refractivity contribution in [2.45, 2.75) is 6.54 Å². The van der Waals surface area contributed by atoms with Gasteiger partial charge in [-0.2, -0.15) is 0 Å². The predicted molar refractivity (Wildman–Crippen MR) is 69.5 cm³/mol. The summed E-state index contributed by atoms with van der Waals surface area (Å²) in [5.74, 6) is -3.15. The van der Waals surface area contributed by atoms with Crippen LogP contribution in [0.15, 0.2) is 18.3 Å². The molecule has 0 atom stereocenters. The summed E-state index contributed by atoms with van der Waals surface area (Å²) in [7, 11) is 0. The quantitative estimate of drug-likeness (QED) is 0.756. The number of aromatic nitrogens is 1. The molecule has 19 heavy (non-hydrogen) atoms. The van der Waals surface area contributed by atoms with Gasteiger partial charge >= 0.3 is 5.97 Å². The maximum atomic E-state index is 13.3. The Balaban J connectivity index is 2.21. The molecule has 0 saturated heterocycles. The normalized spacial score (nSPS) is 10.4. The first-order valence-corrected chi connectivity index (χ1v) is 6.27. The molecular formula is C11H8ClFN2O3S. The number of anilines is 1. The fourth-order valence-electron chi connectivity index (χ4n) is 1.46. The van der Waals surface area contributed by atoms with Crippen LogP contribution in [0.4, 0.5) is 10.1 Å². The Morgan fingerprint density at radius 1 is 1.53 bits per heavy atom. The average Bonchev–Trinajstić information content (AvgIpc) is 2.74. The molecule has 3 N–H and O–H groups in total. The number of carboxylic acid groups (broad SMARTS) is 1. The summed E-state index contributed by atoms with van der Waals surface area (Å²) in [4.78, 5) is 15.5. The molecule has 0 bridgehead atoms. The van der Waals surface area contributed by atoms with Crippen molar-refractivity contribution >= 4 is 34.6 Å². The highest BCUT2D eigenvalue weighted by molar-refractivity contribution is 7.15. The number of hydrogen-bond acceptors (Lipinski definition) is 5. The molecule has 100 valence electrons. The highest BCUT2D eigenvalue weighted by Crippen LogP contribution is 2.30. The summed E-state index contributed by atoms with van der Waals surface area (Å²) in [5.41, 5.74) is -0.629. The van der Waals surface area contributed by atoms with Crippen LogP contribution in [0.1, 0.15) is 15.2 Å². The van der Waals surface area contributed by atoms with E-state index in [1.807, 2.05) is 0 Å². The van der Waals surface area contributed by atoms with Crippen molar-refractivity contribution in [2.24, 2.45) is 0 Å². The molecule has 0 aliphatic heterocycles. The fourth-order valence-corrected chi connectivity index (χ4v) is 2.38. The van der Waals surface area contributed by atoms with Crippen LogP contribution in [0.5, 0.6) is 5.75 Å². The summed E-state index contributed by atoms with van der Waals surface area (Å²) < 4.78 is 13.6. The lowest BCUT2D eigenvalue weighted by atomic mass is 10.1. The maximum Gasteiger partial charge on any atom is 0.342 e. The zero-order chi connectivity index (χ0) is 14.0. The lowest BCUT2D eigenvalue weighted by molar-refractivity contribution is 0.0688. The molecule has 0 unspecified atom stereocenters. The van der Waals surface area contributed by atoms with Gasteiger partial charge < -0.3 is 15.5 Å². The monoisotopic (exact) mass is 302 g/mol. The first-order chi connectivity index (χ1) is 8.99. The van der Waals surface area contributed by atoms with E-state index < -0.39 is 23.1 Å². The van der Waals surface area contributed by atoms with E-state index in [4.69, 9.17) is 16.7 Å².